The zero-order valence-corrected chi connectivity index (χ0v) is 17.8. The van der Waals surface area contributed by atoms with Gasteiger partial charge in [0.1, 0.15) is 0 Å². The maximum atomic E-state index is 13.3. The van der Waals surface area contributed by atoms with E-state index in [1.807, 2.05) is 30.4 Å². The number of hydrogen-bond acceptors (Lipinski definition) is 4. The summed E-state index contributed by atoms with van der Waals surface area (Å²) in [5.41, 5.74) is 1.52. The second-order valence-electron chi connectivity index (χ2n) is 7.03. The fourth-order valence-corrected chi connectivity index (χ4v) is 4.96. The van der Waals surface area contributed by atoms with Crippen LogP contribution in [0.25, 0.3) is 0 Å². The molecule has 28 heavy (non-hydrogen) atoms. The molecule has 0 bridgehead atoms. The Bertz CT molecular complexity index is 880. The summed E-state index contributed by atoms with van der Waals surface area (Å²) >= 11 is 9.69. The Hall–Kier alpha value is -1.89. The quantitative estimate of drug-likeness (QED) is 0.377. The molecule has 1 aromatic carbocycles. The summed E-state index contributed by atoms with van der Waals surface area (Å²) in [6.07, 6.45) is 6.28. The van der Waals surface area contributed by atoms with Crippen LogP contribution in [0.5, 0.6) is 0 Å². The molecule has 2 N–H and O–H groups in total. The number of carbonyl (C=O) groups excluding carboxylic acids is 1. The first-order chi connectivity index (χ1) is 13.4. The van der Waals surface area contributed by atoms with Crippen LogP contribution in [0.4, 0.5) is 0 Å². The Kier molecular flexibility index (Phi) is 6.43. The standard InChI is InChI=1S/C21H22BrClN2O3/c1-3-5-14(22)9-17-12-21(20(26)24-17)18(13-6-4-7-15(23)8-13)10-16(25-27)11-19(21)28-2/h3-9,18-19,27H,1,10-12H2,2H3,(H,24,26)/b14-5+,17-9+,25-16+/t18-,19-,21-/m0/s1. The van der Waals surface area contributed by atoms with Crippen molar-refractivity contribution in [1.29, 1.82) is 0 Å². The summed E-state index contributed by atoms with van der Waals surface area (Å²) in [5, 5.41) is 16.5. The van der Waals surface area contributed by atoms with Crippen LogP contribution in [-0.4, -0.2) is 30.0 Å². The van der Waals surface area contributed by atoms with Crippen molar-refractivity contribution < 1.29 is 14.7 Å². The molecule has 2 aliphatic rings. The van der Waals surface area contributed by atoms with E-state index in [0.29, 0.717) is 30.0 Å². The average Bonchev–Trinajstić information content (AvgIpc) is 2.98. The van der Waals surface area contributed by atoms with Gasteiger partial charge in [0, 0.05) is 41.1 Å². The lowest BCUT2D eigenvalue weighted by Gasteiger charge is -2.44. The van der Waals surface area contributed by atoms with Crippen molar-refractivity contribution in [2.75, 3.05) is 7.11 Å². The molecule has 148 valence electrons. The molecule has 1 heterocycles. The van der Waals surface area contributed by atoms with Crippen LogP contribution in [0.1, 0.15) is 30.7 Å². The second-order valence-corrected chi connectivity index (χ2v) is 8.39. The van der Waals surface area contributed by atoms with E-state index < -0.39 is 11.5 Å². The highest BCUT2D eigenvalue weighted by Crippen LogP contribution is 2.54. The van der Waals surface area contributed by atoms with Gasteiger partial charge in [-0.1, -0.05) is 57.5 Å². The van der Waals surface area contributed by atoms with Crippen LogP contribution in [-0.2, 0) is 9.53 Å². The van der Waals surface area contributed by atoms with Gasteiger partial charge in [0.15, 0.2) is 0 Å². The molecule has 2 fully saturated rings. The van der Waals surface area contributed by atoms with Crippen LogP contribution >= 0.6 is 27.5 Å². The number of halogens is 2. The Morgan fingerprint density at radius 2 is 2.29 bits per heavy atom. The largest absolute Gasteiger partial charge is 0.411 e. The number of oxime groups is 1. The van der Waals surface area contributed by atoms with Crippen molar-refractivity contribution in [3.8, 4) is 0 Å². The third-order valence-electron chi connectivity index (χ3n) is 5.50. The normalized spacial score (nSPS) is 30.8. The molecular formula is C21H22BrClN2O3. The highest BCUT2D eigenvalue weighted by molar-refractivity contribution is 9.11. The van der Waals surface area contributed by atoms with E-state index in [4.69, 9.17) is 16.3 Å². The molecule has 3 rings (SSSR count). The van der Waals surface area contributed by atoms with E-state index in [0.717, 1.165) is 15.7 Å². The summed E-state index contributed by atoms with van der Waals surface area (Å²) in [4.78, 5) is 13.3. The minimum atomic E-state index is -0.819. The topological polar surface area (TPSA) is 70.9 Å². The predicted octanol–water partition coefficient (Wildman–Crippen LogP) is 4.92. The van der Waals surface area contributed by atoms with Gasteiger partial charge in [-0.2, -0.15) is 0 Å². The minimum absolute atomic E-state index is 0.0912. The first-order valence-corrected chi connectivity index (χ1v) is 10.1. The van der Waals surface area contributed by atoms with E-state index in [1.54, 1.807) is 19.3 Å². The van der Waals surface area contributed by atoms with E-state index in [1.165, 1.54) is 0 Å². The minimum Gasteiger partial charge on any atom is -0.411 e. The van der Waals surface area contributed by atoms with Crippen molar-refractivity contribution in [2.45, 2.75) is 31.3 Å². The second kappa shape index (κ2) is 8.64. The van der Waals surface area contributed by atoms with Gasteiger partial charge >= 0.3 is 0 Å². The predicted molar refractivity (Wildman–Crippen MR) is 114 cm³/mol. The van der Waals surface area contributed by atoms with Crippen molar-refractivity contribution in [1.82, 2.24) is 5.32 Å². The van der Waals surface area contributed by atoms with Gasteiger partial charge in [-0.3, -0.25) is 4.79 Å². The number of benzene rings is 1. The molecule has 1 saturated heterocycles. The smallest absolute Gasteiger partial charge is 0.234 e. The van der Waals surface area contributed by atoms with Crippen molar-refractivity contribution >= 4 is 39.1 Å². The molecular weight excluding hydrogens is 444 g/mol. The monoisotopic (exact) mass is 464 g/mol. The Labute approximate surface area is 177 Å². The summed E-state index contributed by atoms with van der Waals surface area (Å²) in [6.45, 7) is 3.68. The third-order valence-corrected chi connectivity index (χ3v) is 6.23. The zero-order valence-electron chi connectivity index (χ0n) is 15.5. The van der Waals surface area contributed by atoms with Gasteiger partial charge in [0.2, 0.25) is 5.91 Å². The fourth-order valence-electron chi connectivity index (χ4n) is 4.29. The van der Waals surface area contributed by atoms with E-state index in [2.05, 4.69) is 33.0 Å². The summed E-state index contributed by atoms with van der Waals surface area (Å²) in [5.74, 6) is -0.324. The SMILES string of the molecule is C=C/C=C(Br)\C=C1/C[C@@]2(C(=O)N1)[C@@H](OC)C/C(=N/O)C[C@H]2c1cccc(Cl)c1. The number of ether oxygens (including phenoxy) is 1. The van der Waals surface area contributed by atoms with Gasteiger partial charge in [-0.05, 0) is 36.3 Å². The summed E-state index contributed by atoms with van der Waals surface area (Å²) in [7, 11) is 1.59. The van der Waals surface area contributed by atoms with Crippen LogP contribution in [0.3, 0.4) is 0 Å². The third kappa shape index (κ3) is 3.81. The van der Waals surface area contributed by atoms with Gasteiger partial charge < -0.3 is 15.3 Å². The molecule has 1 spiro atoms. The maximum absolute atomic E-state index is 13.3. The average molecular weight is 466 g/mol. The summed E-state index contributed by atoms with van der Waals surface area (Å²) < 4.78 is 6.57. The number of carbonyl (C=O) groups is 1. The Morgan fingerprint density at radius 1 is 1.50 bits per heavy atom. The molecule has 1 aliphatic heterocycles. The molecule has 1 amide bonds. The van der Waals surface area contributed by atoms with Crippen molar-refractivity contribution in [3.05, 3.63) is 69.8 Å². The first-order valence-electron chi connectivity index (χ1n) is 8.93. The van der Waals surface area contributed by atoms with Crippen molar-refractivity contribution in [3.63, 3.8) is 0 Å². The molecule has 0 radical (unpaired) electrons. The first kappa shape index (κ1) is 20.8. The Morgan fingerprint density at radius 3 is 2.93 bits per heavy atom. The van der Waals surface area contributed by atoms with Gasteiger partial charge in [0.25, 0.3) is 0 Å². The number of rotatable bonds is 4. The van der Waals surface area contributed by atoms with Gasteiger partial charge in [-0.25, -0.2) is 0 Å². The molecule has 0 aromatic heterocycles. The molecule has 5 nitrogen and oxygen atoms in total. The van der Waals surface area contributed by atoms with Gasteiger partial charge in [-0.15, -0.1) is 0 Å². The Balaban J connectivity index is 2.11. The summed E-state index contributed by atoms with van der Waals surface area (Å²) in [6, 6.07) is 7.48. The van der Waals surface area contributed by atoms with Crippen LogP contribution in [0.2, 0.25) is 5.02 Å². The maximum Gasteiger partial charge on any atom is 0.234 e. The fraction of sp³-hybridized carbons (Fsp3) is 0.333. The molecule has 7 heteroatoms. The molecule has 1 aliphatic carbocycles. The number of methoxy groups -OCH3 is 1. The highest BCUT2D eigenvalue weighted by Gasteiger charge is 2.59. The van der Waals surface area contributed by atoms with E-state index in [9.17, 15) is 10.0 Å². The van der Waals surface area contributed by atoms with Crippen LogP contribution < -0.4 is 5.32 Å². The number of allylic oxidation sites excluding steroid dienone is 5. The number of nitrogens with one attached hydrogen (secondary N) is 1. The zero-order chi connectivity index (χ0) is 20.3. The lowest BCUT2D eigenvalue weighted by atomic mass is 9.60. The van der Waals surface area contributed by atoms with E-state index >= 15 is 0 Å². The molecule has 3 atom stereocenters. The number of nitrogens with zero attached hydrogens (tertiary/aromatic N) is 1. The van der Waals surface area contributed by atoms with Crippen molar-refractivity contribution in [2.24, 2.45) is 10.6 Å². The lowest BCUT2D eigenvalue weighted by molar-refractivity contribution is -0.138. The van der Waals surface area contributed by atoms with E-state index in [-0.39, 0.29) is 11.8 Å². The highest BCUT2D eigenvalue weighted by atomic mass is 79.9. The van der Waals surface area contributed by atoms with Crippen LogP contribution in [0.15, 0.2) is 64.4 Å². The molecule has 1 aromatic rings. The van der Waals surface area contributed by atoms with Crippen LogP contribution in [0, 0.1) is 5.41 Å². The molecule has 1 saturated carbocycles. The lowest BCUT2D eigenvalue weighted by Crippen LogP contribution is -2.51. The molecule has 0 unspecified atom stereocenters. The number of amides is 1. The number of hydrogen-bond donors (Lipinski definition) is 2. The van der Waals surface area contributed by atoms with Gasteiger partial charge in [0.05, 0.1) is 17.2 Å².